The normalized spacial score (nSPS) is 16.9. The van der Waals surface area contributed by atoms with Gasteiger partial charge in [-0.25, -0.2) is 9.37 Å². The molecule has 7 nitrogen and oxygen atoms in total. The number of nitrogens with zero attached hydrogens (tertiary/aromatic N) is 3. The van der Waals surface area contributed by atoms with E-state index in [-0.39, 0.29) is 31.3 Å². The second-order valence-electron chi connectivity index (χ2n) is 8.79. The van der Waals surface area contributed by atoms with E-state index in [0.717, 1.165) is 10.9 Å². The molecule has 1 N–H and O–H groups in total. The Hall–Kier alpha value is -3.04. The summed E-state index contributed by atoms with van der Waals surface area (Å²) in [4.78, 5) is 32.5. The van der Waals surface area contributed by atoms with Gasteiger partial charge in [0.15, 0.2) is 0 Å². The molecule has 1 saturated heterocycles. The Morgan fingerprint density at radius 3 is 2.39 bits per heavy atom. The lowest BCUT2D eigenvalue weighted by atomic mass is 10.1. The van der Waals surface area contributed by atoms with E-state index in [0.29, 0.717) is 40.4 Å². The molecule has 1 fully saturated rings. The van der Waals surface area contributed by atoms with Crippen LogP contribution in [0.3, 0.4) is 0 Å². The maximum atomic E-state index is 13.3. The number of carbonyl (C=O) groups is 1. The van der Waals surface area contributed by atoms with Gasteiger partial charge in [-0.2, -0.15) is 26.3 Å². The van der Waals surface area contributed by atoms with Gasteiger partial charge in [-0.1, -0.05) is 0 Å². The van der Waals surface area contributed by atoms with Crippen molar-refractivity contribution in [1.82, 2.24) is 14.5 Å². The highest BCUT2D eigenvalue weighted by Crippen LogP contribution is 2.37. The van der Waals surface area contributed by atoms with Crippen LogP contribution in [0.2, 0.25) is 0 Å². The number of aromatic nitrogens is 2. The molecule has 1 amide bonds. The van der Waals surface area contributed by atoms with Crippen molar-refractivity contribution < 1.29 is 40.3 Å². The summed E-state index contributed by atoms with van der Waals surface area (Å²) in [5, 5.41) is 2.21. The predicted molar refractivity (Wildman–Crippen MR) is 124 cm³/mol. The first kappa shape index (κ1) is 28.0. The largest absolute Gasteiger partial charge is 0.416 e. The minimum Gasteiger partial charge on any atom is -0.361 e. The van der Waals surface area contributed by atoms with Gasteiger partial charge in [0.2, 0.25) is 5.91 Å². The SMILES string of the molecule is Cc1c(COCN2CC[C@H](F)C2)sc2ncn(CC(=O)Nc3cc(C(F)(F)F)cc(C(F)(F)F)c3)c(=O)c12. The van der Waals surface area contributed by atoms with E-state index in [1.165, 1.54) is 11.3 Å². The van der Waals surface area contributed by atoms with Gasteiger partial charge in [-0.15, -0.1) is 11.3 Å². The van der Waals surface area contributed by atoms with E-state index in [4.69, 9.17) is 4.74 Å². The lowest BCUT2D eigenvalue weighted by Crippen LogP contribution is -2.28. The molecule has 206 valence electrons. The van der Waals surface area contributed by atoms with Gasteiger partial charge < -0.3 is 10.1 Å². The highest BCUT2D eigenvalue weighted by Gasteiger charge is 2.37. The van der Waals surface area contributed by atoms with E-state index < -0.39 is 53.3 Å². The van der Waals surface area contributed by atoms with Crippen molar-refractivity contribution in [3.8, 4) is 0 Å². The Morgan fingerprint density at radius 2 is 1.82 bits per heavy atom. The van der Waals surface area contributed by atoms with Crippen LogP contribution in [0.4, 0.5) is 36.4 Å². The number of amides is 1. The van der Waals surface area contributed by atoms with Crippen molar-refractivity contribution in [3.63, 3.8) is 0 Å². The first-order valence-corrected chi connectivity index (χ1v) is 12.0. The molecule has 3 heterocycles. The Morgan fingerprint density at radius 1 is 1.16 bits per heavy atom. The highest BCUT2D eigenvalue weighted by molar-refractivity contribution is 7.18. The molecule has 0 aliphatic carbocycles. The van der Waals surface area contributed by atoms with Crippen LogP contribution >= 0.6 is 11.3 Å². The van der Waals surface area contributed by atoms with Crippen molar-refractivity contribution in [2.24, 2.45) is 0 Å². The van der Waals surface area contributed by atoms with Crippen LogP contribution in [0, 0.1) is 6.92 Å². The number of halogens is 7. The number of alkyl halides is 7. The summed E-state index contributed by atoms with van der Waals surface area (Å²) in [5.41, 5.74) is -3.93. The predicted octanol–water partition coefficient (Wildman–Crippen LogP) is 4.96. The van der Waals surface area contributed by atoms with Crippen molar-refractivity contribution in [3.05, 3.63) is 56.4 Å². The summed E-state index contributed by atoms with van der Waals surface area (Å²) < 4.78 is 98.3. The monoisotopic (exact) mass is 566 g/mol. The molecule has 0 radical (unpaired) electrons. The fourth-order valence-electron chi connectivity index (χ4n) is 4.01. The summed E-state index contributed by atoms with van der Waals surface area (Å²) >= 11 is 1.20. The van der Waals surface area contributed by atoms with Crippen LogP contribution in [-0.4, -0.2) is 46.4 Å². The number of rotatable bonds is 7. The number of hydrogen-bond acceptors (Lipinski definition) is 6. The number of fused-ring (bicyclic) bond motifs is 1. The molecule has 1 aliphatic rings. The van der Waals surface area contributed by atoms with Crippen LogP contribution < -0.4 is 10.9 Å². The first-order valence-electron chi connectivity index (χ1n) is 11.2. The van der Waals surface area contributed by atoms with Crippen LogP contribution in [0.25, 0.3) is 10.2 Å². The number of ether oxygens (including phenoxy) is 1. The van der Waals surface area contributed by atoms with Crippen LogP contribution in [0.5, 0.6) is 0 Å². The third-order valence-electron chi connectivity index (χ3n) is 5.92. The van der Waals surface area contributed by atoms with Gasteiger partial charge >= 0.3 is 12.4 Å². The average Bonchev–Trinajstić information content (AvgIpc) is 3.37. The number of aryl methyl sites for hydroxylation is 1. The minimum absolute atomic E-state index is 0.0540. The Bertz CT molecular complexity index is 1370. The van der Waals surface area contributed by atoms with E-state index in [2.05, 4.69) is 4.98 Å². The molecule has 0 spiro atoms. The molecule has 0 saturated carbocycles. The molecule has 3 aromatic rings. The molecule has 38 heavy (non-hydrogen) atoms. The van der Waals surface area contributed by atoms with Crippen molar-refractivity contribution in [1.29, 1.82) is 0 Å². The Labute approximate surface area is 214 Å². The number of anilines is 1. The van der Waals surface area contributed by atoms with Crippen LogP contribution in [-0.2, 0) is 35.0 Å². The quantitative estimate of drug-likeness (QED) is 0.410. The zero-order valence-electron chi connectivity index (χ0n) is 19.7. The molecule has 1 aliphatic heterocycles. The molecule has 4 rings (SSSR count). The number of carbonyl (C=O) groups excluding carboxylic acids is 1. The van der Waals surface area contributed by atoms with E-state index in [9.17, 15) is 40.3 Å². The lowest BCUT2D eigenvalue weighted by Gasteiger charge is -2.15. The number of nitrogens with one attached hydrogen (secondary N) is 1. The van der Waals surface area contributed by atoms with E-state index in [1.807, 2.05) is 10.2 Å². The molecular weight excluding hydrogens is 545 g/mol. The first-order chi connectivity index (χ1) is 17.7. The number of benzene rings is 1. The standard InChI is InChI=1S/C23H21F7N4O3S/c1-12-17(9-37-11-33-3-2-15(24)7-33)38-20-19(12)21(36)34(10-31-20)8-18(35)32-16-5-13(22(25,26)27)4-14(6-16)23(28,29)30/h4-6,10,15H,2-3,7-9,11H2,1H3,(H,32,35)/t15-/m0/s1. The number of hydrogen-bond donors (Lipinski definition) is 1. The van der Waals surface area contributed by atoms with Gasteiger partial charge in [0.1, 0.15) is 17.5 Å². The highest BCUT2D eigenvalue weighted by atomic mass is 32.1. The average molecular weight is 566 g/mol. The van der Waals surface area contributed by atoms with Crippen molar-refractivity contribution in [2.45, 2.75) is 45.0 Å². The van der Waals surface area contributed by atoms with Gasteiger partial charge in [0, 0.05) is 23.7 Å². The smallest absolute Gasteiger partial charge is 0.361 e. The van der Waals surface area contributed by atoms with Crippen LogP contribution in [0.15, 0.2) is 29.3 Å². The molecule has 0 unspecified atom stereocenters. The second kappa shape index (κ2) is 10.6. The Balaban J connectivity index is 1.49. The number of thiophene rings is 1. The third kappa shape index (κ3) is 6.32. The van der Waals surface area contributed by atoms with Crippen LogP contribution in [0.1, 0.15) is 28.0 Å². The Kier molecular flexibility index (Phi) is 7.81. The summed E-state index contributed by atoms with van der Waals surface area (Å²) in [7, 11) is 0. The van der Waals surface area contributed by atoms with Gasteiger partial charge in [0.05, 0.1) is 36.2 Å². The molecule has 1 aromatic carbocycles. The molecule has 15 heteroatoms. The summed E-state index contributed by atoms with van der Waals surface area (Å²) in [6.45, 7) is 2.21. The maximum Gasteiger partial charge on any atom is 0.416 e. The summed E-state index contributed by atoms with van der Waals surface area (Å²) in [5.74, 6) is -1.02. The van der Waals surface area contributed by atoms with Gasteiger partial charge in [-0.05, 0) is 37.1 Å². The van der Waals surface area contributed by atoms with Crippen molar-refractivity contribution in [2.75, 3.05) is 25.1 Å². The zero-order valence-corrected chi connectivity index (χ0v) is 20.6. The maximum absolute atomic E-state index is 13.3. The molecule has 1 atom stereocenters. The van der Waals surface area contributed by atoms with E-state index >= 15 is 0 Å². The minimum atomic E-state index is -5.07. The summed E-state index contributed by atoms with van der Waals surface area (Å²) in [6, 6.07) is 0.701. The number of likely N-dealkylation sites (tertiary alicyclic amines) is 1. The fourth-order valence-corrected chi connectivity index (χ4v) is 5.08. The topological polar surface area (TPSA) is 76.5 Å². The zero-order chi connectivity index (χ0) is 27.8. The molecule has 0 bridgehead atoms. The van der Waals surface area contributed by atoms with E-state index in [1.54, 1.807) is 6.92 Å². The molecular formula is C23H21F7N4O3S. The molecule has 2 aromatic heterocycles. The summed E-state index contributed by atoms with van der Waals surface area (Å²) in [6.07, 6.45) is -9.52. The lowest BCUT2D eigenvalue weighted by molar-refractivity contribution is -0.143. The van der Waals surface area contributed by atoms with Gasteiger partial charge in [0.25, 0.3) is 5.56 Å². The third-order valence-corrected chi connectivity index (χ3v) is 7.10. The second-order valence-corrected chi connectivity index (χ2v) is 9.87. The van der Waals surface area contributed by atoms with Crippen molar-refractivity contribution >= 4 is 33.1 Å². The van der Waals surface area contributed by atoms with Gasteiger partial charge in [-0.3, -0.25) is 19.1 Å². The fraction of sp³-hybridized carbons (Fsp3) is 0.435.